The third-order valence-corrected chi connectivity index (χ3v) is 2.60. The minimum atomic E-state index is 0.587. The van der Waals surface area contributed by atoms with Crippen LogP contribution in [0, 0.1) is 5.92 Å². The highest BCUT2D eigenvalue weighted by Crippen LogP contribution is 2.24. The molecule has 0 saturated carbocycles. The van der Waals surface area contributed by atoms with Gasteiger partial charge < -0.3 is 0 Å². The van der Waals surface area contributed by atoms with Gasteiger partial charge in [-0.15, -0.1) is 0 Å². The van der Waals surface area contributed by atoms with E-state index in [1.54, 1.807) is 6.07 Å². The van der Waals surface area contributed by atoms with Gasteiger partial charge >= 0.3 is 0 Å². The summed E-state index contributed by atoms with van der Waals surface area (Å²) in [4.78, 5) is 7.12. The molecule has 0 saturated heterocycles. The number of pyridine rings is 1. The summed E-state index contributed by atoms with van der Waals surface area (Å²) in [5.41, 5.74) is 11.3. The van der Waals surface area contributed by atoms with Crippen LogP contribution in [0.2, 0.25) is 0 Å². The number of benzene rings is 1. The molecule has 0 amide bonds. The maximum Gasteiger partial charge on any atom is 0.0704 e. The predicted octanol–water partition coefficient (Wildman–Crippen LogP) is 4.38. The minimum Gasteiger partial charge on any atom is -0.256 e. The van der Waals surface area contributed by atoms with Crippen LogP contribution in [0.25, 0.3) is 21.3 Å². The Morgan fingerprint density at radius 1 is 1.35 bits per heavy atom. The maximum atomic E-state index is 8.45. The van der Waals surface area contributed by atoms with Crippen molar-refractivity contribution in [3.8, 4) is 0 Å². The Morgan fingerprint density at radius 3 is 2.88 bits per heavy atom. The lowest BCUT2D eigenvalue weighted by atomic mass is 9.99. The average Bonchev–Trinajstić information content (AvgIpc) is 2.29. The highest BCUT2D eigenvalue weighted by atomic mass is 15.1. The SMILES string of the molecule is CC(C)Cc1ccnc2ccc(N=[N+]=[N-])cc12. The summed E-state index contributed by atoms with van der Waals surface area (Å²) in [6.45, 7) is 4.37. The van der Waals surface area contributed by atoms with E-state index in [0.717, 1.165) is 17.3 Å². The lowest BCUT2D eigenvalue weighted by Gasteiger charge is -2.08. The van der Waals surface area contributed by atoms with Crippen molar-refractivity contribution in [2.75, 3.05) is 0 Å². The zero-order valence-corrected chi connectivity index (χ0v) is 9.96. The fourth-order valence-electron chi connectivity index (χ4n) is 1.92. The van der Waals surface area contributed by atoms with Gasteiger partial charge in [0.1, 0.15) is 0 Å². The molecule has 0 fully saturated rings. The fraction of sp³-hybridized carbons (Fsp3) is 0.308. The third-order valence-electron chi connectivity index (χ3n) is 2.60. The van der Waals surface area contributed by atoms with Gasteiger partial charge in [0.25, 0.3) is 0 Å². The van der Waals surface area contributed by atoms with Crippen LogP contribution >= 0.6 is 0 Å². The van der Waals surface area contributed by atoms with Crippen LogP contribution in [0.15, 0.2) is 35.6 Å². The first kappa shape index (κ1) is 11.4. The molecule has 1 heterocycles. The lowest BCUT2D eigenvalue weighted by Crippen LogP contribution is -1.95. The van der Waals surface area contributed by atoms with Crippen LogP contribution in [0.4, 0.5) is 5.69 Å². The second-order valence-corrected chi connectivity index (χ2v) is 4.46. The van der Waals surface area contributed by atoms with Crippen molar-refractivity contribution in [3.05, 3.63) is 46.5 Å². The summed E-state index contributed by atoms with van der Waals surface area (Å²) in [6, 6.07) is 7.61. The first-order valence-electron chi connectivity index (χ1n) is 5.63. The minimum absolute atomic E-state index is 0.587. The number of hydrogen-bond donors (Lipinski definition) is 0. The molecule has 0 atom stereocenters. The Kier molecular flexibility index (Phi) is 3.26. The summed E-state index contributed by atoms with van der Waals surface area (Å²) in [5, 5.41) is 4.70. The van der Waals surface area contributed by atoms with E-state index in [-0.39, 0.29) is 0 Å². The molecule has 17 heavy (non-hydrogen) atoms. The summed E-state index contributed by atoms with van der Waals surface area (Å²) >= 11 is 0. The highest BCUT2D eigenvalue weighted by Gasteiger charge is 2.04. The standard InChI is InChI=1S/C13H14N4/c1-9(2)7-10-5-6-15-13-4-3-11(16-17-14)8-12(10)13/h3-6,8-9H,7H2,1-2H3. The van der Waals surface area contributed by atoms with E-state index in [1.807, 2.05) is 24.4 Å². The zero-order chi connectivity index (χ0) is 12.3. The van der Waals surface area contributed by atoms with Crippen LogP contribution in [0.1, 0.15) is 19.4 Å². The van der Waals surface area contributed by atoms with Crippen molar-refractivity contribution < 1.29 is 0 Å². The monoisotopic (exact) mass is 226 g/mol. The third kappa shape index (κ3) is 2.55. The van der Waals surface area contributed by atoms with Crippen molar-refractivity contribution in [3.63, 3.8) is 0 Å². The van der Waals surface area contributed by atoms with E-state index >= 15 is 0 Å². The van der Waals surface area contributed by atoms with E-state index in [0.29, 0.717) is 11.6 Å². The van der Waals surface area contributed by atoms with Crippen molar-refractivity contribution in [1.29, 1.82) is 0 Å². The number of fused-ring (bicyclic) bond motifs is 1. The molecular formula is C13H14N4. The van der Waals surface area contributed by atoms with Gasteiger partial charge in [0, 0.05) is 22.2 Å². The smallest absolute Gasteiger partial charge is 0.0704 e. The molecular weight excluding hydrogens is 212 g/mol. The molecule has 4 nitrogen and oxygen atoms in total. The van der Waals surface area contributed by atoms with Crippen LogP contribution < -0.4 is 0 Å². The van der Waals surface area contributed by atoms with Gasteiger partial charge in [-0.1, -0.05) is 25.0 Å². The average molecular weight is 226 g/mol. The number of nitrogens with zero attached hydrogens (tertiary/aromatic N) is 4. The van der Waals surface area contributed by atoms with Crippen LogP contribution in [0.5, 0.6) is 0 Å². The topological polar surface area (TPSA) is 61.7 Å². The molecule has 0 N–H and O–H groups in total. The molecule has 2 rings (SSSR count). The van der Waals surface area contributed by atoms with Gasteiger partial charge in [-0.2, -0.15) is 0 Å². The number of hydrogen-bond acceptors (Lipinski definition) is 2. The predicted molar refractivity (Wildman–Crippen MR) is 69.1 cm³/mol. The molecule has 0 aliphatic carbocycles. The Labute approximate surface area is 99.9 Å². The summed E-state index contributed by atoms with van der Waals surface area (Å²) in [5.74, 6) is 0.587. The van der Waals surface area contributed by atoms with Crippen LogP contribution in [-0.2, 0) is 6.42 Å². The molecule has 0 aliphatic heterocycles. The Hall–Kier alpha value is -2.06. The molecule has 0 aliphatic rings. The van der Waals surface area contributed by atoms with Gasteiger partial charge in [-0.25, -0.2) is 0 Å². The first-order valence-corrected chi connectivity index (χ1v) is 5.63. The van der Waals surface area contributed by atoms with Crippen molar-refractivity contribution >= 4 is 16.6 Å². The van der Waals surface area contributed by atoms with Crippen molar-refractivity contribution in [1.82, 2.24) is 4.98 Å². The van der Waals surface area contributed by atoms with Crippen molar-refractivity contribution in [2.24, 2.45) is 11.0 Å². The number of aromatic nitrogens is 1. The van der Waals surface area contributed by atoms with E-state index in [4.69, 9.17) is 5.53 Å². The Morgan fingerprint density at radius 2 is 2.18 bits per heavy atom. The highest BCUT2D eigenvalue weighted by molar-refractivity contribution is 5.84. The number of azide groups is 1. The largest absolute Gasteiger partial charge is 0.256 e. The van der Waals surface area contributed by atoms with Crippen LogP contribution in [0.3, 0.4) is 0 Å². The van der Waals surface area contributed by atoms with E-state index < -0.39 is 0 Å². The molecule has 0 unspecified atom stereocenters. The summed E-state index contributed by atoms with van der Waals surface area (Å²) < 4.78 is 0. The molecule has 0 bridgehead atoms. The van der Waals surface area contributed by atoms with E-state index in [1.165, 1.54) is 5.56 Å². The first-order chi connectivity index (χ1) is 8.20. The van der Waals surface area contributed by atoms with Gasteiger partial charge in [0.15, 0.2) is 0 Å². The van der Waals surface area contributed by atoms with Gasteiger partial charge in [0.05, 0.1) is 5.52 Å². The lowest BCUT2D eigenvalue weighted by molar-refractivity contribution is 0.650. The van der Waals surface area contributed by atoms with Gasteiger partial charge in [-0.3, -0.25) is 4.98 Å². The van der Waals surface area contributed by atoms with E-state index in [2.05, 4.69) is 28.9 Å². The summed E-state index contributed by atoms with van der Waals surface area (Å²) in [6.07, 6.45) is 2.83. The van der Waals surface area contributed by atoms with Gasteiger partial charge in [-0.05, 0) is 41.6 Å². The van der Waals surface area contributed by atoms with Crippen LogP contribution in [-0.4, -0.2) is 4.98 Å². The number of rotatable bonds is 3. The maximum absolute atomic E-state index is 8.45. The normalized spacial score (nSPS) is 10.5. The molecule has 2 aromatic rings. The fourth-order valence-corrected chi connectivity index (χ4v) is 1.92. The molecule has 1 aromatic carbocycles. The second-order valence-electron chi connectivity index (χ2n) is 4.46. The molecule has 1 aromatic heterocycles. The summed E-state index contributed by atoms with van der Waals surface area (Å²) in [7, 11) is 0. The van der Waals surface area contributed by atoms with Crippen molar-refractivity contribution in [2.45, 2.75) is 20.3 Å². The molecule has 86 valence electrons. The van der Waals surface area contributed by atoms with Gasteiger partial charge in [0.2, 0.25) is 0 Å². The second kappa shape index (κ2) is 4.85. The Bertz CT molecular complexity index is 583. The van der Waals surface area contributed by atoms with E-state index in [9.17, 15) is 0 Å². The molecule has 0 spiro atoms. The Balaban J connectivity index is 2.59. The quantitative estimate of drug-likeness (QED) is 0.435. The zero-order valence-electron chi connectivity index (χ0n) is 9.96. The molecule has 0 radical (unpaired) electrons. The molecule has 4 heteroatoms.